The molecular weight excluding hydrogens is 292 g/mol. The fraction of sp³-hybridized carbons (Fsp3) is 0.714. The molecule has 1 fully saturated rings. The lowest BCUT2D eigenvalue weighted by Gasteiger charge is -2.29. The van der Waals surface area contributed by atoms with Crippen LogP contribution in [0.1, 0.15) is 44.9 Å². The molecule has 4 nitrogen and oxygen atoms in total. The molecule has 0 unspecified atom stereocenters. The third kappa shape index (κ3) is 3.24. The standard InChI is InChI=1S/C14H24N2O2S2/c1-4-9-15-11-12-6-7-13(19-12)20(17,18)16-10-5-8-14(16,2)3/h6-7,15H,4-5,8-11H2,1-3H3. The summed E-state index contributed by atoms with van der Waals surface area (Å²) in [6, 6.07) is 3.67. The zero-order valence-electron chi connectivity index (χ0n) is 12.5. The summed E-state index contributed by atoms with van der Waals surface area (Å²) >= 11 is 1.39. The van der Waals surface area contributed by atoms with Gasteiger partial charge >= 0.3 is 0 Å². The molecule has 20 heavy (non-hydrogen) atoms. The zero-order chi connectivity index (χ0) is 14.8. The van der Waals surface area contributed by atoms with Crippen LogP contribution >= 0.6 is 11.3 Å². The van der Waals surface area contributed by atoms with Crippen LogP contribution < -0.4 is 5.32 Å². The van der Waals surface area contributed by atoms with Crippen LogP contribution in [0.5, 0.6) is 0 Å². The van der Waals surface area contributed by atoms with Gasteiger partial charge < -0.3 is 5.32 Å². The largest absolute Gasteiger partial charge is 0.312 e. The molecule has 0 aromatic carbocycles. The molecule has 0 aliphatic carbocycles. The molecule has 114 valence electrons. The van der Waals surface area contributed by atoms with Gasteiger partial charge in [0.1, 0.15) is 4.21 Å². The molecule has 1 N–H and O–H groups in total. The Kier molecular flexibility index (Phi) is 4.89. The number of thiophene rings is 1. The lowest BCUT2D eigenvalue weighted by molar-refractivity contribution is 0.292. The van der Waals surface area contributed by atoms with Crippen LogP contribution in [-0.4, -0.2) is 31.4 Å². The van der Waals surface area contributed by atoms with E-state index in [0.29, 0.717) is 10.8 Å². The van der Waals surface area contributed by atoms with Gasteiger partial charge in [-0.25, -0.2) is 8.42 Å². The molecule has 1 saturated heterocycles. The highest BCUT2D eigenvalue weighted by atomic mass is 32.2. The van der Waals surface area contributed by atoms with E-state index in [2.05, 4.69) is 12.2 Å². The minimum Gasteiger partial charge on any atom is -0.312 e. The molecule has 0 bridgehead atoms. The van der Waals surface area contributed by atoms with Crippen molar-refractivity contribution in [1.29, 1.82) is 0 Å². The summed E-state index contributed by atoms with van der Waals surface area (Å²) in [7, 11) is -3.33. The monoisotopic (exact) mass is 316 g/mol. The van der Waals surface area contributed by atoms with Gasteiger partial charge in [-0.2, -0.15) is 4.31 Å². The van der Waals surface area contributed by atoms with E-state index in [1.807, 2.05) is 19.9 Å². The summed E-state index contributed by atoms with van der Waals surface area (Å²) in [5, 5.41) is 3.30. The van der Waals surface area contributed by atoms with Gasteiger partial charge in [-0.3, -0.25) is 0 Å². The first-order valence-electron chi connectivity index (χ1n) is 7.20. The minimum absolute atomic E-state index is 0.260. The van der Waals surface area contributed by atoms with E-state index in [4.69, 9.17) is 0 Å². The van der Waals surface area contributed by atoms with Gasteiger partial charge in [-0.15, -0.1) is 11.3 Å². The first-order chi connectivity index (χ1) is 9.38. The first kappa shape index (κ1) is 15.9. The SMILES string of the molecule is CCCNCc1ccc(S(=O)(=O)N2CCCC2(C)C)s1. The van der Waals surface area contributed by atoms with E-state index in [-0.39, 0.29) is 5.54 Å². The number of nitrogens with zero attached hydrogens (tertiary/aromatic N) is 1. The summed E-state index contributed by atoms with van der Waals surface area (Å²) in [5.74, 6) is 0. The van der Waals surface area contributed by atoms with Crippen molar-refractivity contribution >= 4 is 21.4 Å². The van der Waals surface area contributed by atoms with E-state index in [9.17, 15) is 8.42 Å². The molecule has 6 heteroatoms. The van der Waals surface area contributed by atoms with Crippen LogP contribution in [0.2, 0.25) is 0 Å². The van der Waals surface area contributed by atoms with Crippen molar-refractivity contribution in [2.75, 3.05) is 13.1 Å². The van der Waals surface area contributed by atoms with Crippen molar-refractivity contribution in [1.82, 2.24) is 9.62 Å². The molecule has 0 radical (unpaired) electrons. The zero-order valence-corrected chi connectivity index (χ0v) is 14.1. The molecule has 2 heterocycles. The Morgan fingerprint density at radius 2 is 2.15 bits per heavy atom. The second kappa shape index (κ2) is 6.13. The highest BCUT2D eigenvalue weighted by Crippen LogP contribution is 2.35. The van der Waals surface area contributed by atoms with Gasteiger partial charge in [0.15, 0.2) is 0 Å². The lowest BCUT2D eigenvalue weighted by atomic mass is 10.0. The molecule has 1 aromatic heterocycles. The topological polar surface area (TPSA) is 49.4 Å². The fourth-order valence-corrected chi connectivity index (χ4v) is 5.90. The maximum absolute atomic E-state index is 12.7. The summed E-state index contributed by atoms with van der Waals surface area (Å²) in [5.41, 5.74) is -0.260. The van der Waals surface area contributed by atoms with E-state index < -0.39 is 10.0 Å². The van der Waals surface area contributed by atoms with Crippen molar-refractivity contribution in [2.45, 2.75) is 56.3 Å². The Balaban J connectivity index is 2.14. The Labute approximate surface area is 126 Å². The number of rotatable bonds is 6. The van der Waals surface area contributed by atoms with E-state index in [1.54, 1.807) is 10.4 Å². The summed E-state index contributed by atoms with van der Waals surface area (Å²) < 4.78 is 27.6. The van der Waals surface area contributed by atoms with Gasteiger partial charge in [-0.1, -0.05) is 6.92 Å². The molecule has 0 saturated carbocycles. The van der Waals surface area contributed by atoms with Crippen LogP contribution in [0.4, 0.5) is 0 Å². The van der Waals surface area contributed by atoms with Gasteiger partial charge in [0.2, 0.25) is 0 Å². The number of hydrogen-bond donors (Lipinski definition) is 1. The second-order valence-electron chi connectivity index (χ2n) is 5.89. The van der Waals surface area contributed by atoms with Crippen LogP contribution in [0.15, 0.2) is 16.3 Å². The maximum atomic E-state index is 12.7. The average Bonchev–Trinajstić information content (AvgIpc) is 2.96. The molecule has 1 aliphatic rings. The van der Waals surface area contributed by atoms with Crippen molar-refractivity contribution in [3.8, 4) is 0 Å². The lowest BCUT2D eigenvalue weighted by Crippen LogP contribution is -2.42. The van der Waals surface area contributed by atoms with Gasteiger partial charge in [0.25, 0.3) is 10.0 Å². The van der Waals surface area contributed by atoms with Crippen molar-refractivity contribution in [3.05, 3.63) is 17.0 Å². The Hall–Kier alpha value is -0.430. The molecule has 0 amide bonds. The smallest absolute Gasteiger partial charge is 0.253 e. The van der Waals surface area contributed by atoms with Crippen molar-refractivity contribution < 1.29 is 8.42 Å². The first-order valence-corrected chi connectivity index (χ1v) is 9.46. The van der Waals surface area contributed by atoms with E-state index in [0.717, 1.165) is 37.2 Å². The predicted octanol–water partition coefficient (Wildman–Crippen LogP) is 2.81. The van der Waals surface area contributed by atoms with E-state index in [1.165, 1.54) is 11.3 Å². The molecule has 1 aliphatic heterocycles. The molecule has 0 spiro atoms. The number of nitrogens with one attached hydrogen (secondary N) is 1. The summed E-state index contributed by atoms with van der Waals surface area (Å²) in [4.78, 5) is 1.08. The van der Waals surface area contributed by atoms with Crippen LogP contribution in [-0.2, 0) is 16.6 Å². The molecule has 1 aromatic rings. The third-order valence-corrected chi connectivity index (χ3v) is 7.40. The highest BCUT2D eigenvalue weighted by molar-refractivity contribution is 7.91. The van der Waals surface area contributed by atoms with Gasteiger partial charge in [0, 0.05) is 23.5 Å². The van der Waals surface area contributed by atoms with Crippen LogP contribution in [0, 0.1) is 0 Å². The Morgan fingerprint density at radius 1 is 1.40 bits per heavy atom. The van der Waals surface area contributed by atoms with Crippen LogP contribution in [0.25, 0.3) is 0 Å². The van der Waals surface area contributed by atoms with Crippen molar-refractivity contribution in [3.63, 3.8) is 0 Å². The third-order valence-electron chi connectivity index (χ3n) is 3.73. The fourth-order valence-electron chi connectivity index (χ4n) is 2.62. The Morgan fingerprint density at radius 3 is 2.75 bits per heavy atom. The molecule has 0 atom stereocenters. The quantitative estimate of drug-likeness (QED) is 0.821. The summed E-state index contributed by atoms with van der Waals surface area (Å²) in [6.07, 6.45) is 2.96. The summed E-state index contributed by atoms with van der Waals surface area (Å²) in [6.45, 7) is 8.48. The minimum atomic E-state index is -3.33. The van der Waals surface area contributed by atoms with Gasteiger partial charge in [0.05, 0.1) is 0 Å². The Bertz CT molecular complexity index is 549. The van der Waals surface area contributed by atoms with Gasteiger partial charge in [-0.05, 0) is 51.8 Å². The number of hydrogen-bond acceptors (Lipinski definition) is 4. The molecular formula is C14H24N2O2S2. The molecule has 2 rings (SSSR count). The second-order valence-corrected chi connectivity index (χ2v) is 9.15. The predicted molar refractivity (Wildman–Crippen MR) is 83.5 cm³/mol. The van der Waals surface area contributed by atoms with Crippen LogP contribution in [0.3, 0.4) is 0 Å². The maximum Gasteiger partial charge on any atom is 0.253 e. The number of sulfonamides is 1. The van der Waals surface area contributed by atoms with Crippen molar-refractivity contribution in [2.24, 2.45) is 0 Å². The highest BCUT2D eigenvalue weighted by Gasteiger charge is 2.41. The normalized spacial score (nSPS) is 19.6. The average molecular weight is 316 g/mol. The van der Waals surface area contributed by atoms with E-state index >= 15 is 0 Å².